The van der Waals surface area contributed by atoms with Crippen LogP contribution < -0.4 is 4.90 Å². The van der Waals surface area contributed by atoms with Gasteiger partial charge in [-0.25, -0.2) is 9.59 Å². The molecule has 2 aromatic carbocycles. The van der Waals surface area contributed by atoms with E-state index in [0.29, 0.717) is 4.90 Å². The number of nitrogens with zero attached hydrogens (tertiary/aromatic N) is 1. The van der Waals surface area contributed by atoms with E-state index in [-0.39, 0.29) is 23.4 Å². The van der Waals surface area contributed by atoms with Crippen LogP contribution in [0.3, 0.4) is 0 Å². The van der Waals surface area contributed by atoms with Crippen LogP contribution in [0, 0.1) is 0 Å². The van der Waals surface area contributed by atoms with Gasteiger partial charge in [-0.15, -0.1) is 0 Å². The Balaban J connectivity index is 2.17. The maximum Gasteiger partial charge on any atom is 0.365 e. The van der Waals surface area contributed by atoms with E-state index in [1.54, 1.807) is 25.1 Å². The summed E-state index contributed by atoms with van der Waals surface area (Å²) in [6, 6.07) is 12.8. The second kappa shape index (κ2) is 8.41. The van der Waals surface area contributed by atoms with Crippen molar-refractivity contribution in [3.05, 3.63) is 71.3 Å². The van der Waals surface area contributed by atoms with Crippen LogP contribution in [0.2, 0.25) is 0 Å². The highest BCUT2D eigenvalue weighted by Crippen LogP contribution is 2.39. The molecule has 9 nitrogen and oxygen atoms in total. The summed E-state index contributed by atoms with van der Waals surface area (Å²) in [6.07, 6.45) is 0. The first kappa shape index (κ1) is 21.7. The Bertz CT molecular complexity index is 1070. The number of ketones is 1. The number of amides is 1. The van der Waals surface area contributed by atoms with Crippen LogP contribution in [-0.2, 0) is 23.9 Å². The largest absolute Gasteiger partial charge is 0.507 e. The third kappa shape index (κ3) is 3.55. The van der Waals surface area contributed by atoms with Crippen LogP contribution in [-0.4, -0.2) is 53.3 Å². The lowest BCUT2D eigenvalue weighted by atomic mass is 9.97. The van der Waals surface area contributed by atoms with E-state index in [0.717, 1.165) is 7.11 Å². The molecule has 1 atom stereocenters. The van der Waals surface area contributed by atoms with Crippen LogP contribution in [0.1, 0.15) is 22.8 Å². The molecule has 3 rings (SSSR count). The van der Waals surface area contributed by atoms with Gasteiger partial charge in [0.05, 0.1) is 19.3 Å². The fourth-order valence-electron chi connectivity index (χ4n) is 3.24. The molecular weight excluding hydrogens is 406 g/mol. The van der Waals surface area contributed by atoms with Gasteiger partial charge in [0.2, 0.25) is 0 Å². The molecule has 31 heavy (non-hydrogen) atoms. The lowest BCUT2D eigenvalue weighted by Gasteiger charge is -2.30. The lowest BCUT2D eigenvalue weighted by Crippen LogP contribution is -2.54. The number of carbonyl (C=O) groups is 4. The summed E-state index contributed by atoms with van der Waals surface area (Å²) in [5.41, 5.74) is -3.55. The highest BCUT2D eigenvalue weighted by atomic mass is 16.5. The second-order valence-electron chi connectivity index (χ2n) is 6.49. The number of methoxy groups -OCH3 is 1. The first-order chi connectivity index (χ1) is 14.8. The van der Waals surface area contributed by atoms with Crippen molar-refractivity contribution in [2.45, 2.75) is 12.6 Å². The fraction of sp³-hybridized carbons (Fsp3) is 0.182. The molecule has 0 bridgehead atoms. The highest BCUT2D eigenvalue weighted by Gasteiger charge is 2.62. The molecule has 0 spiro atoms. The van der Waals surface area contributed by atoms with Gasteiger partial charge in [-0.3, -0.25) is 14.5 Å². The van der Waals surface area contributed by atoms with Gasteiger partial charge >= 0.3 is 17.8 Å². The molecule has 9 heteroatoms. The molecule has 0 radical (unpaired) electrons. The summed E-state index contributed by atoms with van der Waals surface area (Å²) in [6.45, 7) is 1.80. The summed E-state index contributed by atoms with van der Waals surface area (Å²) < 4.78 is 9.53. The number of aliphatic hydroxyl groups excluding tert-OH is 1. The van der Waals surface area contributed by atoms with Gasteiger partial charge in [-0.05, 0) is 31.2 Å². The van der Waals surface area contributed by atoms with Crippen molar-refractivity contribution in [1.82, 2.24) is 0 Å². The average Bonchev–Trinajstić information content (AvgIpc) is 2.99. The number of anilines is 1. The normalized spacial score (nSPS) is 19.9. The topological polar surface area (TPSA) is 130 Å². The molecule has 0 aromatic heterocycles. The Hall–Kier alpha value is -3.98. The summed E-state index contributed by atoms with van der Waals surface area (Å²) in [4.78, 5) is 50.5. The number of esters is 2. The Morgan fingerprint density at radius 1 is 1.00 bits per heavy atom. The lowest BCUT2D eigenvalue weighted by molar-refractivity contribution is -0.158. The second-order valence-corrected chi connectivity index (χ2v) is 6.49. The van der Waals surface area contributed by atoms with Crippen LogP contribution in [0.15, 0.2) is 60.2 Å². The molecule has 1 unspecified atom stereocenters. The molecule has 1 aliphatic rings. The predicted molar refractivity (Wildman–Crippen MR) is 108 cm³/mol. The summed E-state index contributed by atoms with van der Waals surface area (Å²) in [5, 5.41) is 21.9. The number of Topliss-reactive ketones (excluding diaryl/α,β-unsaturated/α-hetero) is 1. The zero-order valence-corrected chi connectivity index (χ0v) is 16.7. The standard InChI is InChI=1S/C22H19NO8/c1-3-31-20(27)14-9-11-15(12-10-14)23-19(26)18(25)16(22(23,29)21(28)30-2)17(24)13-7-5-4-6-8-13/h4-12,24,29H,3H2,1-2H3/b17-16-. The Morgan fingerprint density at radius 3 is 2.16 bits per heavy atom. The summed E-state index contributed by atoms with van der Waals surface area (Å²) in [5.74, 6) is -5.22. The van der Waals surface area contributed by atoms with Crippen LogP contribution in [0.5, 0.6) is 0 Å². The van der Waals surface area contributed by atoms with Crippen LogP contribution in [0.4, 0.5) is 5.69 Å². The minimum Gasteiger partial charge on any atom is -0.507 e. The van der Waals surface area contributed by atoms with E-state index in [1.165, 1.54) is 36.4 Å². The summed E-state index contributed by atoms with van der Waals surface area (Å²) >= 11 is 0. The van der Waals surface area contributed by atoms with E-state index in [2.05, 4.69) is 4.74 Å². The number of benzene rings is 2. The summed E-state index contributed by atoms with van der Waals surface area (Å²) in [7, 11) is 0.965. The number of carbonyl (C=O) groups excluding carboxylic acids is 4. The van der Waals surface area contributed by atoms with Gasteiger partial charge in [0, 0.05) is 11.3 Å². The molecule has 1 heterocycles. The smallest absolute Gasteiger partial charge is 0.365 e. The van der Waals surface area contributed by atoms with Gasteiger partial charge in [0.15, 0.2) is 0 Å². The molecule has 1 fully saturated rings. The monoisotopic (exact) mass is 425 g/mol. The zero-order chi connectivity index (χ0) is 22.8. The van der Waals surface area contributed by atoms with Crippen molar-refractivity contribution in [2.75, 3.05) is 18.6 Å². The molecule has 0 saturated carbocycles. The highest BCUT2D eigenvalue weighted by molar-refractivity contribution is 6.54. The quantitative estimate of drug-likeness (QED) is 0.320. The number of ether oxygens (including phenoxy) is 2. The Morgan fingerprint density at radius 2 is 1.61 bits per heavy atom. The van der Waals surface area contributed by atoms with E-state index >= 15 is 0 Å². The van der Waals surface area contributed by atoms with E-state index in [9.17, 15) is 29.4 Å². The molecule has 2 N–H and O–H groups in total. The fourth-order valence-corrected chi connectivity index (χ4v) is 3.24. The van der Waals surface area contributed by atoms with Gasteiger partial charge in [-0.1, -0.05) is 30.3 Å². The molecule has 2 aromatic rings. The maximum absolute atomic E-state index is 12.8. The first-order valence-corrected chi connectivity index (χ1v) is 9.23. The van der Waals surface area contributed by atoms with Gasteiger partial charge < -0.3 is 19.7 Å². The van der Waals surface area contributed by atoms with Gasteiger partial charge in [-0.2, -0.15) is 0 Å². The van der Waals surface area contributed by atoms with Crippen molar-refractivity contribution in [1.29, 1.82) is 0 Å². The molecule has 1 saturated heterocycles. The number of hydrogen-bond acceptors (Lipinski definition) is 8. The molecule has 0 aliphatic carbocycles. The third-order valence-electron chi connectivity index (χ3n) is 4.69. The molecular formula is C22H19NO8. The molecule has 160 valence electrons. The first-order valence-electron chi connectivity index (χ1n) is 9.23. The number of aliphatic hydroxyl groups is 2. The van der Waals surface area contributed by atoms with Gasteiger partial charge in [0.1, 0.15) is 11.3 Å². The SMILES string of the molecule is CCOC(=O)c1ccc(N2C(=O)C(=O)/C(=C(/O)c3ccccc3)C2(O)C(=O)OC)cc1. The van der Waals surface area contributed by atoms with Crippen LogP contribution in [0.25, 0.3) is 5.76 Å². The minimum atomic E-state index is -2.92. The van der Waals surface area contributed by atoms with Crippen molar-refractivity contribution in [2.24, 2.45) is 0 Å². The Labute approximate surface area is 177 Å². The van der Waals surface area contributed by atoms with Crippen LogP contribution >= 0.6 is 0 Å². The molecule has 1 aliphatic heterocycles. The minimum absolute atomic E-state index is 0.0739. The van der Waals surface area contributed by atoms with Gasteiger partial charge in [0.25, 0.3) is 11.5 Å². The van der Waals surface area contributed by atoms with E-state index < -0.39 is 40.7 Å². The van der Waals surface area contributed by atoms with E-state index in [4.69, 9.17) is 4.74 Å². The zero-order valence-electron chi connectivity index (χ0n) is 16.7. The maximum atomic E-state index is 12.8. The molecule has 1 amide bonds. The number of hydrogen-bond donors (Lipinski definition) is 2. The van der Waals surface area contributed by atoms with Crippen molar-refractivity contribution in [3.8, 4) is 0 Å². The number of rotatable bonds is 5. The third-order valence-corrected chi connectivity index (χ3v) is 4.69. The predicted octanol–water partition coefficient (Wildman–Crippen LogP) is 1.61. The van der Waals surface area contributed by atoms with Crippen molar-refractivity contribution >= 4 is 35.1 Å². The van der Waals surface area contributed by atoms with E-state index in [1.807, 2.05) is 0 Å². The average molecular weight is 425 g/mol. The van der Waals surface area contributed by atoms with Crippen molar-refractivity contribution < 1.29 is 38.9 Å². The Kier molecular flexibility index (Phi) is 5.89. The van der Waals surface area contributed by atoms with Crippen molar-refractivity contribution in [3.63, 3.8) is 0 Å².